The highest BCUT2D eigenvalue weighted by Gasteiger charge is 2.06. The van der Waals surface area contributed by atoms with E-state index in [0.717, 1.165) is 0 Å². The summed E-state index contributed by atoms with van der Waals surface area (Å²) in [5.41, 5.74) is 0.594. The van der Waals surface area contributed by atoms with Gasteiger partial charge in [0.25, 0.3) is 0 Å². The zero-order chi connectivity index (χ0) is 14.8. The Balaban J connectivity index is 2.41. The maximum atomic E-state index is 11.6. The summed E-state index contributed by atoms with van der Waals surface area (Å²) in [7, 11) is 4.67. The molecule has 0 aliphatic heterocycles. The zero-order valence-corrected chi connectivity index (χ0v) is 11.9. The molecule has 0 saturated heterocycles. The first kappa shape index (κ1) is 16.1. The van der Waals surface area contributed by atoms with Crippen LogP contribution in [0, 0.1) is 0 Å². The molecular weight excluding hydrogens is 264 g/mol. The van der Waals surface area contributed by atoms with Gasteiger partial charge in [-0.3, -0.25) is 0 Å². The van der Waals surface area contributed by atoms with Gasteiger partial charge in [-0.1, -0.05) is 0 Å². The summed E-state index contributed by atoms with van der Waals surface area (Å²) in [6, 6.07) is 4.73. The van der Waals surface area contributed by atoms with Crippen molar-refractivity contribution >= 4 is 11.7 Å². The molecule has 1 aromatic rings. The van der Waals surface area contributed by atoms with Crippen LogP contribution in [0.2, 0.25) is 0 Å². The van der Waals surface area contributed by atoms with Gasteiger partial charge in [0.15, 0.2) is 11.5 Å². The van der Waals surface area contributed by atoms with Crippen molar-refractivity contribution in [1.82, 2.24) is 5.32 Å². The highest BCUT2D eigenvalue weighted by atomic mass is 16.5. The Morgan fingerprint density at radius 3 is 2.50 bits per heavy atom. The van der Waals surface area contributed by atoms with E-state index in [-0.39, 0.29) is 12.8 Å². The minimum absolute atomic E-state index is 0.114. The summed E-state index contributed by atoms with van der Waals surface area (Å²) in [6.45, 7) is 1.02. The predicted molar refractivity (Wildman–Crippen MR) is 74.4 cm³/mol. The molecule has 0 aliphatic carbocycles. The third kappa shape index (κ3) is 5.33. The van der Waals surface area contributed by atoms with Crippen LogP contribution in [0.4, 0.5) is 10.5 Å². The lowest BCUT2D eigenvalue weighted by Gasteiger charge is -2.11. The first-order valence-electron chi connectivity index (χ1n) is 6.04. The van der Waals surface area contributed by atoms with E-state index in [2.05, 4.69) is 10.6 Å². The van der Waals surface area contributed by atoms with E-state index >= 15 is 0 Å². The van der Waals surface area contributed by atoms with Crippen molar-refractivity contribution in [2.75, 3.05) is 46.6 Å². The number of urea groups is 1. The fourth-order valence-electron chi connectivity index (χ4n) is 1.42. The number of hydrogen-bond acceptors (Lipinski definition) is 5. The van der Waals surface area contributed by atoms with Gasteiger partial charge in [0.2, 0.25) is 0 Å². The van der Waals surface area contributed by atoms with Gasteiger partial charge in [0, 0.05) is 18.9 Å². The lowest BCUT2D eigenvalue weighted by atomic mass is 10.3. The van der Waals surface area contributed by atoms with E-state index in [0.29, 0.717) is 30.4 Å². The molecule has 0 saturated carbocycles. The fourth-order valence-corrected chi connectivity index (χ4v) is 1.42. The summed E-state index contributed by atoms with van der Waals surface area (Å²) in [5, 5.41) is 5.22. The van der Waals surface area contributed by atoms with Crippen LogP contribution in [-0.4, -0.2) is 47.3 Å². The molecule has 1 rings (SSSR count). The number of carbonyl (C=O) groups is 1. The molecule has 0 spiro atoms. The second-order valence-corrected chi connectivity index (χ2v) is 3.75. The number of benzene rings is 1. The third-order valence-electron chi connectivity index (χ3n) is 2.41. The van der Waals surface area contributed by atoms with E-state index in [1.807, 2.05) is 0 Å². The molecule has 20 heavy (non-hydrogen) atoms. The Labute approximate surface area is 118 Å². The Morgan fingerprint density at radius 2 is 1.85 bits per heavy atom. The van der Waals surface area contributed by atoms with Crippen molar-refractivity contribution in [1.29, 1.82) is 0 Å². The Morgan fingerprint density at radius 1 is 1.10 bits per heavy atom. The highest BCUT2D eigenvalue weighted by Crippen LogP contribution is 2.29. The Hall–Kier alpha value is -1.99. The van der Waals surface area contributed by atoms with E-state index < -0.39 is 0 Å². The van der Waals surface area contributed by atoms with E-state index in [4.69, 9.17) is 18.9 Å². The van der Waals surface area contributed by atoms with Crippen LogP contribution in [0.1, 0.15) is 0 Å². The van der Waals surface area contributed by atoms with Gasteiger partial charge < -0.3 is 29.6 Å². The molecule has 0 fully saturated rings. The van der Waals surface area contributed by atoms with Crippen LogP contribution in [0.25, 0.3) is 0 Å². The molecule has 0 bridgehead atoms. The van der Waals surface area contributed by atoms with E-state index in [1.54, 1.807) is 32.4 Å². The summed E-state index contributed by atoms with van der Waals surface area (Å²) in [6.07, 6.45) is 0. The van der Waals surface area contributed by atoms with Crippen LogP contribution in [0.3, 0.4) is 0 Å². The van der Waals surface area contributed by atoms with Gasteiger partial charge in [0.1, 0.15) is 6.73 Å². The minimum atomic E-state index is -0.366. The van der Waals surface area contributed by atoms with Crippen molar-refractivity contribution in [2.45, 2.75) is 0 Å². The van der Waals surface area contributed by atoms with E-state index in [1.165, 1.54) is 7.11 Å². The van der Waals surface area contributed by atoms with Crippen molar-refractivity contribution in [3.8, 4) is 11.5 Å². The molecule has 7 nitrogen and oxygen atoms in total. The molecule has 0 radical (unpaired) electrons. The van der Waals surface area contributed by atoms with Crippen molar-refractivity contribution in [2.24, 2.45) is 0 Å². The predicted octanol–water partition coefficient (Wildman–Crippen LogP) is 1.45. The fraction of sp³-hybridized carbons (Fsp3) is 0.462. The van der Waals surface area contributed by atoms with Crippen molar-refractivity contribution in [3.63, 3.8) is 0 Å². The lowest BCUT2D eigenvalue weighted by Crippen LogP contribution is -2.31. The molecule has 2 N–H and O–H groups in total. The number of methoxy groups -OCH3 is 3. The third-order valence-corrected chi connectivity index (χ3v) is 2.41. The summed E-state index contributed by atoms with van der Waals surface area (Å²) < 4.78 is 20.2. The molecule has 7 heteroatoms. The largest absolute Gasteiger partial charge is 0.493 e. The second-order valence-electron chi connectivity index (χ2n) is 3.75. The number of anilines is 1. The van der Waals surface area contributed by atoms with Crippen molar-refractivity contribution in [3.05, 3.63) is 18.2 Å². The summed E-state index contributed by atoms with van der Waals surface area (Å²) in [4.78, 5) is 11.6. The van der Waals surface area contributed by atoms with Gasteiger partial charge in [-0.25, -0.2) is 4.79 Å². The maximum Gasteiger partial charge on any atom is 0.321 e. The van der Waals surface area contributed by atoms with Crippen LogP contribution in [0.5, 0.6) is 11.5 Å². The molecular formula is C13H20N2O5. The average molecular weight is 284 g/mol. The highest BCUT2D eigenvalue weighted by molar-refractivity contribution is 5.89. The summed E-state index contributed by atoms with van der Waals surface area (Å²) >= 11 is 0. The quantitative estimate of drug-likeness (QED) is 0.558. The second kappa shape index (κ2) is 9.00. The van der Waals surface area contributed by atoms with Gasteiger partial charge in [-0.05, 0) is 12.1 Å². The number of ether oxygens (including phenoxy) is 4. The standard InChI is InChI=1S/C13H20N2O5/c1-17-6-7-20-9-14-13(16)15-10-4-5-11(18-2)12(8-10)19-3/h4-5,8H,6-7,9H2,1-3H3,(H2,14,15,16). The minimum Gasteiger partial charge on any atom is -0.493 e. The first-order valence-corrected chi connectivity index (χ1v) is 6.04. The molecule has 0 atom stereocenters. The van der Waals surface area contributed by atoms with Crippen LogP contribution in [-0.2, 0) is 9.47 Å². The molecule has 0 unspecified atom stereocenters. The van der Waals surface area contributed by atoms with Crippen LogP contribution in [0.15, 0.2) is 18.2 Å². The molecule has 0 aromatic heterocycles. The molecule has 0 heterocycles. The molecule has 2 amide bonds. The maximum absolute atomic E-state index is 11.6. The number of carbonyl (C=O) groups excluding carboxylic acids is 1. The number of rotatable bonds is 8. The van der Waals surface area contributed by atoms with Gasteiger partial charge in [-0.15, -0.1) is 0 Å². The Kier molecular flexibility index (Phi) is 7.23. The smallest absolute Gasteiger partial charge is 0.321 e. The van der Waals surface area contributed by atoms with E-state index in [9.17, 15) is 4.79 Å². The van der Waals surface area contributed by atoms with Crippen LogP contribution < -0.4 is 20.1 Å². The number of nitrogens with one attached hydrogen (secondary N) is 2. The number of hydrogen-bond donors (Lipinski definition) is 2. The average Bonchev–Trinajstić information content (AvgIpc) is 2.46. The first-order chi connectivity index (χ1) is 9.71. The summed E-state index contributed by atoms with van der Waals surface area (Å²) in [5.74, 6) is 1.14. The van der Waals surface area contributed by atoms with Crippen LogP contribution >= 0.6 is 0 Å². The normalized spacial score (nSPS) is 9.95. The monoisotopic (exact) mass is 284 g/mol. The van der Waals surface area contributed by atoms with Gasteiger partial charge in [-0.2, -0.15) is 0 Å². The molecule has 0 aliphatic rings. The SMILES string of the molecule is COCCOCNC(=O)Nc1ccc(OC)c(OC)c1. The Bertz CT molecular complexity index is 425. The van der Waals surface area contributed by atoms with Gasteiger partial charge in [0.05, 0.1) is 27.4 Å². The topological polar surface area (TPSA) is 78.1 Å². The lowest BCUT2D eigenvalue weighted by molar-refractivity contribution is 0.0650. The number of amides is 2. The van der Waals surface area contributed by atoms with Crippen molar-refractivity contribution < 1.29 is 23.7 Å². The zero-order valence-electron chi connectivity index (χ0n) is 11.9. The molecule has 1 aromatic carbocycles. The molecule has 112 valence electrons. The van der Waals surface area contributed by atoms with Gasteiger partial charge >= 0.3 is 6.03 Å².